The summed E-state index contributed by atoms with van der Waals surface area (Å²) in [5.41, 5.74) is -0.209. The Morgan fingerprint density at radius 2 is 1.64 bits per heavy atom. The molecule has 0 unspecified atom stereocenters. The van der Waals surface area contributed by atoms with Crippen molar-refractivity contribution in [3.63, 3.8) is 0 Å². The molecule has 0 bridgehead atoms. The number of hydrogen-bond acceptors (Lipinski definition) is 5. The highest BCUT2D eigenvalue weighted by molar-refractivity contribution is 7.92. The highest BCUT2D eigenvalue weighted by Gasteiger charge is 2.45. The zero-order valence-corrected chi connectivity index (χ0v) is 15.6. The van der Waals surface area contributed by atoms with Gasteiger partial charge in [0.1, 0.15) is 11.3 Å². The monoisotopic (exact) mass is 408 g/mol. The molecule has 0 amide bonds. The summed E-state index contributed by atoms with van der Waals surface area (Å²) in [5.74, 6) is 0.301. The van der Waals surface area contributed by atoms with Crippen LogP contribution in [0.3, 0.4) is 0 Å². The van der Waals surface area contributed by atoms with Gasteiger partial charge in [-0.3, -0.25) is 0 Å². The van der Waals surface area contributed by atoms with Crippen molar-refractivity contribution in [1.29, 1.82) is 0 Å². The molecule has 0 aliphatic carbocycles. The fourth-order valence-electron chi connectivity index (χ4n) is 2.72. The minimum atomic E-state index is -4.74. The van der Waals surface area contributed by atoms with Gasteiger partial charge < -0.3 is 9.15 Å². The normalized spacial score (nSPS) is 12.2. The molecule has 5 nitrogen and oxygen atoms in total. The van der Waals surface area contributed by atoms with Crippen LogP contribution in [0.5, 0.6) is 5.75 Å². The molecule has 0 radical (unpaired) electrons. The first-order chi connectivity index (χ1) is 13.3. The van der Waals surface area contributed by atoms with Gasteiger partial charge in [0, 0.05) is 6.42 Å². The molecule has 0 N–H and O–H groups in total. The summed E-state index contributed by atoms with van der Waals surface area (Å²) in [5, 5.41) is -3.27. The van der Waals surface area contributed by atoms with Gasteiger partial charge in [-0.2, -0.15) is 8.78 Å². The lowest BCUT2D eigenvalue weighted by molar-refractivity contribution is 0.0776. The average Bonchev–Trinajstić information content (AvgIpc) is 2.68. The van der Waals surface area contributed by atoms with Gasteiger partial charge in [-0.05, 0) is 37.1 Å². The van der Waals surface area contributed by atoms with E-state index >= 15 is 0 Å². The lowest BCUT2D eigenvalue weighted by Gasteiger charge is -2.17. The summed E-state index contributed by atoms with van der Waals surface area (Å²) in [6, 6.07) is 14.7. The van der Waals surface area contributed by atoms with Crippen molar-refractivity contribution in [3.05, 3.63) is 71.1 Å². The third-order valence-electron chi connectivity index (χ3n) is 4.18. The van der Waals surface area contributed by atoms with Crippen molar-refractivity contribution < 1.29 is 26.4 Å². The lowest BCUT2D eigenvalue weighted by Crippen LogP contribution is -2.29. The van der Waals surface area contributed by atoms with Gasteiger partial charge >= 0.3 is 10.9 Å². The number of fused-ring (bicyclic) bond motifs is 1. The molecule has 0 atom stereocenters. The summed E-state index contributed by atoms with van der Waals surface area (Å²) >= 11 is 0. The number of benzene rings is 2. The summed E-state index contributed by atoms with van der Waals surface area (Å²) in [6.45, 7) is 0.0644. The Hall–Kier alpha value is -2.74. The van der Waals surface area contributed by atoms with E-state index in [0.717, 1.165) is 12.1 Å². The fourth-order valence-corrected chi connectivity index (χ4v) is 4.00. The number of ether oxygens (including phenoxy) is 1. The molecule has 28 heavy (non-hydrogen) atoms. The van der Waals surface area contributed by atoms with Crippen LogP contribution >= 0.6 is 0 Å². The molecule has 0 fully saturated rings. The van der Waals surface area contributed by atoms with E-state index in [1.807, 2.05) is 0 Å². The smallest absolute Gasteiger partial charge is 0.350 e. The van der Waals surface area contributed by atoms with Crippen LogP contribution in [-0.4, -0.2) is 20.3 Å². The predicted octanol–water partition coefficient (Wildman–Crippen LogP) is 4.41. The first-order valence-electron chi connectivity index (χ1n) is 8.64. The second kappa shape index (κ2) is 8.10. The van der Waals surface area contributed by atoms with E-state index in [1.165, 1.54) is 18.2 Å². The maximum atomic E-state index is 14.2. The molecule has 148 valence electrons. The van der Waals surface area contributed by atoms with Crippen molar-refractivity contribution in [1.82, 2.24) is 0 Å². The molecule has 1 heterocycles. The third kappa shape index (κ3) is 4.22. The Morgan fingerprint density at radius 1 is 0.964 bits per heavy atom. The number of unbranched alkanes of at least 4 members (excludes halogenated alkanes) is 1. The number of rotatable bonds is 8. The largest absolute Gasteiger partial charge is 0.493 e. The summed E-state index contributed by atoms with van der Waals surface area (Å²) in [7, 11) is -4.74. The van der Waals surface area contributed by atoms with Gasteiger partial charge in [0.25, 0.3) is 0 Å². The Kier molecular flexibility index (Phi) is 5.79. The molecule has 3 rings (SSSR count). The van der Waals surface area contributed by atoms with Crippen LogP contribution in [0.4, 0.5) is 8.78 Å². The summed E-state index contributed by atoms with van der Waals surface area (Å²) in [6.07, 6.45) is -0.668. The Bertz CT molecular complexity index is 1110. The first-order valence-corrected chi connectivity index (χ1v) is 10.1. The van der Waals surface area contributed by atoms with E-state index in [9.17, 15) is 22.0 Å². The van der Waals surface area contributed by atoms with Crippen molar-refractivity contribution >= 4 is 20.8 Å². The second-order valence-electron chi connectivity index (χ2n) is 6.19. The molecular weight excluding hydrogens is 390 g/mol. The third-order valence-corrected chi connectivity index (χ3v) is 6.06. The van der Waals surface area contributed by atoms with Crippen LogP contribution in [0.2, 0.25) is 0 Å². The number of para-hydroxylation sites is 1. The first kappa shape index (κ1) is 20.0. The average molecular weight is 408 g/mol. The molecule has 3 aromatic rings. The molecule has 8 heteroatoms. The minimum Gasteiger partial charge on any atom is -0.493 e. The van der Waals surface area contributed by atoms with Crippen LogP contribution in [0.1, 0.15) is 19.3 Å². The molecule has 0 aliphatic rings. The Morgan fingerprint density at radius 3 is 2.39 bits per heavy atom. The molecule has 0 saturated carbocycles. The standard InChI is InChI=1S/C20H18F2O5S/c21-20(22,28(24,25)15-8-2-1-3-9-15)12-6-7-13-26-18-14-19(23)27-17-11-5-4-10-16(17)18/h1-5,8-11,14H,6-7,12-13H2. The van der Waals surface area contributed by atoms with Crippen molar-refractivity contribution in [2.45, 2.75) is 29.4 Å². The van der Waals surface area contributed by atoms with Crippen molar-refractivity contribution in [2.24, 2.45) is 0 Å². The molecule has 2 aromatic carbocycles. The van der Waals surface area contributed by atoms with Crippen molar-refractivity contribution in [3.8, 4) is 5.75 Å². The quantitative estimate of drug-likeness (QED) is 0.408. The van der Waals surface area contributed by atoms with Gasteiger partial charge in [0.15, 0.2) is 0 Å². The van der Waals surface area contributed by atoms with E-state index in [4.69, 9.17) is 9.15 Å². The molecule has 0 saturated heterocycles. The van der Waals surface area contributed by atoms with Gasteiger partial charge in [-0.1, -0.05) is 30.3 Å². The minimum absolute atomic E-state index is 0.0571. The van der Waals surface area contributed by atoms with Gasteiger partial charge in [0.05, 0.1) is 23.0 Å². The zero-order chi connectivity index (χ0) is 20.2. The van der Waals surface area contributed by atoms with Gasteiger partial charge in [0.2, 0.25) is 9.84 Å². The maximum absolute atomic E-state index is 14.2. The summed E-state index contributed by atoms with van der Waals surface area (Å²) in [4.78, 5) is 11.2. The van der Waals surface area contributed by atoms with Crippen molar-refractivity contribution in [2.75, 3.05) is 6.61 Å². The maximum Gasteiger partial charge on any atom is 0.350 e. The zero-order valence-electron chi connectivity index (χ0n) is 14.8. The van der Waals surface area contributed by atoms with Crippen LogP contribution in [0, 0.1) is 0 Å². The lowest BCUT2D eigenvalue weighted by atomic mass is 10.2. The van der Waals surface area contributed by atoms with Crippen LogP contribution in [0.15, 0.2) is 74.8 Å². The molecule has 0 aliphatic heterocycles. The van der Waals surface area contributed by atoms with Crippen LogP contribution < -0.4 is 10.4 Å². The van der Waals surface area contributed by atoms with E-state index in [-0.39, 0.29) is 19.4 Å². The van der Waals surface area contributed by atoms with Crippen LogP contribution in [0.25, 0.3) is 11.0 Å². The van der Waals surface area contributed by atoms with E-state index in [0.29, 0.717) is 16.7 Å². The molecule has 1 aromatic heterocycles. The van der Waals surface area contributed by atoms with E-state index < -0.39 is 32.0 Å². The number of alkyl halides is 2. The fraction of sp³-hybridized carbons (Fsp3) is 0.250. The number of halogens is 2. The highest BCUT2D eigenvalue weighted by Crippen LogP contribution is 2.33. The number of sulfone groups is 1. The van der Waals surface area contributed by atoms with Crippen LogP contribution in [-0.2, 0) is 9.84 Å². The molecular formula is C20H18F2O5S. The molecule has 0 spiro atoms. The predicted molar refractivity (Wildman–Crippen MR) is 100 cm³/mol. The van der Waals surface area contributed by atoms with Gasteiger partial charge in [-0.15, -0.1) is 0 Å². The number of hydrogen-bond donors (Lipinski definition) is 0. The summed E-state index contributed by atoms with van der Waals surface area (Å²) < 4.78 is 63.2. The van der Waals surface area contributed by atoms with E-state index in [1.54, 1.807) is 30.3 Å². The topological polar surface area (TPSA) is 73.6 Å². The van der Waals surface area contributed by atoms with Gasteiger partial charge in [-0.25, -0.2) is 13.2 Å². The second-order valence-corrected chi connectivity index (χ2v) is 8.26. The Labute approximate surface area is 160 Å². The van der Waals surface area contributed by atoms with E-state index in [2.05, 4.69) is 0 Å². The Balaban J connectivity index is 1.59. The SMILES string of the molecule is O=c1cc(OCCCCC(F)(F)S(=O)(=O)c2ccccc2)c2ccccc2o1. The highest BCUT2D eigenvalue weighted by atomic mass is 32.2.